The topological polar surface area (TPSA) is 49.4 Å². The Morgan fingerprint density at radius 1 is 1.03 bits per heavy atom. The Morgan fingerprint density at radius 2 is 1.72 bits per heavy atom. The highest BCUT2D eigenvalue weighted by Gasteiger charge is 2.30. The Hall–Kier alpha value is -2.27. The van der Waals surface area contributed by atoms with Crippen molar-refractivity contribution in [3.05, 3.63) is 65.7 Å². The van der Waals surface area contributed by atoms with Gasteiger partial charge >= 0.3 is 0 Å². The summed E-state index contributed by atoms with van der Waals surface area (Å²) in [6, 6.07) is 18.2. The van der Waals surface area contributed by atoms with Gasteiger partial charge in [-0.2, -0.15) is 0 Å². The van der Waals surface area contributed by atoms with Gasteiger partial charge in [-0.05, 0) is 43.9 Å². The van der Waals surface area contributed by atoms with Crippen molar-refractivity contribution >= 4 is 23.6 Å². The molecule has 2 amide bonds. The highest BCUT2D eigenvalue weighted by Crippen LogP contribution is 2.22. The highest BCUT2D eigenvalue weighted by atomic mass is 32.2. The van der Waals surface area contributed by atoms with E-state index in [-0.39, 0.29) is 17.9 Å². The summed E-state index contributed by atoms with van der Waals surface area (Å²) in [6.07, 6.45) is 6.71. The van der Waals surface area contributed by atoms with Crippen LogP contribution < -0.4 is 5.32 Å². The van der Waals surface area contributed by atoms with Crippen molar-refractivity contribution in [2.75, 3.05) is 5.75 Å². The molecule has 1 unspecified atom stereocenters. The molecule has 2 aromatic rings. The minimum Gasteiger partial charge on any atom is -0.352 e. The van der Waals surface area contributed by atoms with Crippen LogP contribution in [0.15, 0.2) is 59.5 Å². The van der Waals surface area contributed by atoms with Crippen molar-refractivity contribution in [2.24, 2.45) is 0 Å². The minimum atomic E-state index is -0.436. The Kier molecular flexibility index (Phi) is 9.66. The molecule has 172 valence electrons. The van der Waals surface area contributed by atoms with Gasteiger partial charge in [0.25, 0.3) is 0 Å². The summed E-state index contributed by atoms with van der Waals surface area (Å²) in [4.78, 5) is 29.5. The fraction of sp³-hybridized carbons (Fsp3) is 0.481. The Labute approximate surface area is 197 Å². The third kappa shape index (κ3) is 7.40. The first-order chi connectivity index (χ1) is 15.6. The van der Waals surface area contributed by atoms with E-state index in [2.05, 4.69) is 36.5 Å². The maximum absolute atomic E-state index is 13.3. The summed E-state index contributed by atoms with van der Waals surface area (Å²) in [5.74, 6) is 0.738. The molecule has 3 rings (SSSR count). The number of rotatable bonds is 10. The lowest BCUT2D eigenvalue weighted by Crippen LogP contribution is -2.51. The Morgan fingerprint density at radius 3 is 2.38 bits per heavy atom. The van der Waals surface area contributed by atoms with E-state index in [0.717, 1.165) is 18.4 Å². The van der Waals surface area contributed by atoms with E-state index in [9.17, 15) is 9.59 Å². The first-order valence-electron chi connectivity index (χ1n) is 11.9. The number of hydrogen-bond donors (Lipinski definition) is 1. The van der Waals surface area contributed by atoms with Crippen LogP contribution in [-0.2, 0) is 16.1 Å². The first kappa shape index (κ1) is 24.4. The van der Waals surface area contributed by atoms with Gasteiger partial charge in [0.2, 0.25) is 11.8 Å². The smallest absolute Gasteiger partial charge is 0.243 e. The predicted octanol–water partition coefficient (Wildman–Crippen LogP) is 5.73. The molecule has 0 radical (unpaired) electrons. The molecular formula is C27H36N2O2S. The largest absolute Gasteiger partial charge is 0.352 e. The zero-order chi connectivity index (χ0) is 22.8. The van der Waals surface area contributed by atoms with Gasteiger partial charge in [-0.25, -0.2) is 0 Å². The number of aryl methyl sites for hydroxylation is 1. The van der Waals surface area contributed by atoms with Gasteiger partial charge in [0.15, 0.2) is 0 Å². The second kappa shape index (κ2) is 12.7. The summed E-state index contributed by atoms with van der Waals surface area (Å²) >= 11 is 1.69. The van der Waals surface area contributed by atoms with Crippen LogP contribution in [0, 0.1) is 6.92 Å². The molecule has 0 bridgehead atoms. The second-order valence-electron chi connectivity index (χ2n) is 8.69. The van der Waals surface area contributed by atoms with E-state index in [4.69, 9.17) is 0 Å². The number of nitrogens with zero attached hydrogens (tertiary/aromatic N) is 1. The Balaban J connectivity index is 1.66. The summed E-state index contributed by atoms with van der Waals surface area (Å²) in [5.41, 5.74) is 2.28. The van der Waals surface area contributed by atoms with Gasteiger partial charge in [0.05, 0.1) is 0 Å². The molecule has 5 heteroatoms. The van der Waals surface area contributed by atoms with Crippen LogP contribution >= 0.6 is 11.8 Å². The van der Waals surface area contributed by atoms with E-state index in [1.165, 1.54) is 29.7 Å². The van der Waals surface area contributed by atoms with Crippen LogP contribution in [0.2, 0.25) is 0 Å². The van der Waals surface area contributed by atoms with E-state index < -0.39 is 6.04 Å². The number of benzene rings is 2. The van der Waals surface area contributed by atoms with E-state index >= 15 is 0 Å². The van der Waals surface area contributed by atoms with E-state index in [1.54, 1.807) is 16.7 Å². The third-order valence-corrected chi connectivity index (χ3v) is 7.15. The molecule has 0 aliphatic heterocycles. The maximum atomic E-state index is 13.3. The van der Waals surface area contributed by atoms with E-state index in [0.29, 0.717) is 25.1 Å². The van der Waals surface area contributed by atoms with E-state index in [1.807, 2.05) is 37.3 Å². The van der Waals surface area contributed by atoms with Gasteiger partial charge in [0, 0.05) is 29.7 Å². The zero-order valence-electron chi connectivity index (χ0n) is 19.4. The summed E-state index contributed by atoms with van der Waals surface area (Å²) < 4.78 is 0. The maximum Gasteiger partial charge on any atom is 0.243 e. The lowest BCUT2D eigenvalue weighted by atomic mass is 9.95. The van der Waals surface area contributed by atoms with Gasteiger partial charge in [0.1, 0.15) is 6.04 Å². The van der Waals surface area contributed by atoms with Crippen LogP contribution in [-0.4, -0.2) is 34.6 Å². The van der Waals surface area contributed by atoms with Crippen molar-refractivity contribution in [3.63, 3.8) is 0 Å². The monoisotopic (exact) mass is 452 g/mol. The lowest BCUT2D eigenvalue weighted by molar-refractivity contribution is -0.141. The molecule has 0 aromatic heterocycles. The fourth-order valence-corrected chi connectivity index (χ4v) is 5.12. The molecule has 1 aliphatic rings. The van der Waals surface area contributed by atoms with Crippen molar-refractivity contribution < 1.29 is 9.59 Å². The molecule has 0 heterocycles. The molecular weight excluding hydrogens is 416 g/mol. The number of carbonyl (C=O) groups is 2. The summed E-state index contributed by atoms with van der Waals surface area (Å²) in [7, 11) is 0. The van der Waals surface area contributed by atoms with Gasteiger partial charge < -0.3 is 10.2 Å². The highest BCUT2D eigenvalue weighted by molar-refractivity contribution is 7.99. The molecule has 1 aliphatic carbocycles. The van der Waals surface area contributed by atoms with Crippen LogP contribution in [0.5, 0.6) is 0 Å². The first-order valence-corrected chi connectivity index (χ1v) is 12.9. The molecule has 2 aromatic carbocycles. The quantitative estimate of drug-likeness (QED) is 0.468. The van der Waals surface area contributed by atoms with Crippen LogP contribution in [0.4, 0.5) is 0 Å². The molecule has 0 saturated heterocycles. The van der Waals surface area contributed by atoms with Crippen molar-refractivity contribution in [1.82, 2.24) is 10.2 Å². The normalized spacial score (nSPS) is 15.2. The SMILES string of the molecule is CCC(C(=O)NC1CCCCC1)N(Cc1ccccc1)C(=O)CCSc1ccc(C)cc1. The molecule has 1 N–H and O–H groups in total. The van der Waals surface area contributed by atoms with Gasteiger partial charge in [-0.3, -0.25) is 9.59 Å². The molecule has 32 heavy (non-hydrogen) atoms. The second-order valence-corrected chi connectivity index (χ2v) is 9.85. The zero-order valence-corrected chi connectivity index (χ0v) is 20.2. The average molecular weight is 453 g/mol. The predicted molar refractivity (Wildman–Crippen MR) is 133 cm³/mol. The average Bonchev–Trinajstić information content (AvgIpc) is 2.81. The number of nitrogens with one attached hydrogen (secondary N) is 1. The van der Waals surface area contributed by atoms with Crippen LogP contribution in [0.1, 0.15) is 63.0 Å². The van der Waals surface area contributed by atoms with Gasteiger partial charge in [-0.1, -0.05) is 74.2 Å². The number of carbonyl (C=O) groups excluding carboxylic acids is 2. The molecule has 4 nitrogen and oxygen atoms in total. The van der Waals surface area contributed by atoms with Crippen molar-refractivity contribution in [3.8, 4) is 0 Å². The lowest BCUT2D eigenvalue weighted by Gasteiger charge is -2.33. The summed E-state index contributed by atoms with van der Waals surface area (Å²) in [5, 5.41) is 3.24. The number of hydrogen-bond acceptors (Lipinski definition) is 3. The van der Waals surface area contributed by atoms with Gasteiger partial charge in [-0.15, -0.1) is 11.8 Å². The van der Waals surface area contributed by atoms with Crippen molar-refractivity contribution in [2.45, 2.75) is 82.3 Å². The van der Waals surface area contributed by atoms with Crippen LogP contribution in [0.25, 0.3) is 0 Å². The molecule has 0 spiro atoms. The number of thioether (sulfide) groups is 1. The van der Waals surface area contributed by atoms with Crippen LogP contribution in [0.3, 0.4) is 0 Å². The number of amides is 2. The molecule has 1 saturated carbocycles. The van der Waals surface area contributed by atoms with Crippen molar-refractivity contribution in [1.29, 1.82) is 0 Å². The summed E-state index contributed by atoms with van der Waals surface area (Å²) in [6.45, 7) is 4.53. The fourth-order valence-electron chi connectivity index (χ4n) is 4.28. The Bertz CT molecular complexity index is 848. The third-order valence-electron chi connectivity index (χ3n) is 6.14. The minimum absolute atomic E-state index is 0.00475. The standard InChI is InChI=1S/C27H36N2O2S/c1-3-25(27(31)28-23-12-8-5-9-13-23)29(20-22-10-6-4-7-11-22)26(30)18-19-32-24-16-14-21(2)15-17-24/h4,6-7,10-11,14-17,23,25H,3,5,8-9,12-13,18-20H2,1-2H3,(H,28,31). The molecule has 1 atom stereocenters. The molecule has 1 fully saturated rings.